The van der Waals surface area contributed by atoms with Crippen LogP contribution in [0.5, 0.6) is 0 Å². The topological polar surface area (TPSA) is 54.7 Å². The van der Waals surface area contributed by atoms with Crippen LogP contribution in [0.4, 0.5) is 24.5 Å². The van der Waals surface area contributed by atoms with Gasteiger partial charge < -0.3 is 4.90 Å². The molecule has 5 nitrogen and oxygen atoms in total. The normalized spacial score (nSPS) is 15.2. The predicted molar refractivity (Wildman–Crippen MR) is 112 cm³/mol. The SMILES string of the molecule is C/C(=N\Nc1c(F)cccc1F)c1cc(F)c(N2CCN(CCC#N)CC2)cc1C. The molecule has 0 unspecified atom stereocenters. The zero-order valence-corrected chi connectivity index (χ0v) is 17.1. The monoisotopic (exact) mass is 415 g/mol. The van der Waals surface area contributed by atoms with Crippen LogP contribution in [0, 0.1) is 35.7 Å². The Labute approximate surface area is 174 Å². The first-order valence-corrected chi connectivity index (χ1v) is 9.79. The van der Waals surface area contributed by atoms with Crippen molar-refractivity contribution >= 4 is 17.1 Å². The fraction of sp³-hybridized carbons (Fsp3) is 0.364. The summed E-state index contributed by atoms with van der Waals surface area (Å²) in [6.45, 7) is 7.16. The van der Waals surface area contributed by atoms with Crippen molar-refractivity contribution in [3.05, 3.63) is 58.9 Å². The van der Waals surface area contributed by atoms with Gasteiger partial charge in [0.25, 0.3) is 0 Å². The molecular formula is C22H24F3N5. The fourth-order valence-electron chi connectivity index (χ4n) is 3.52. The maximum absolute atomic E-state index is 14.9. The highest BCUT2D eigenvalue weighted by molar-refractivity contribution is 6.00. The first kappa shape index (κ1) is 21.7. The lowest BCUT2D eigenvalue weighted by Gasteiger charge is -2.36. The van der Waals surface area contributed by atoms with E-state index in [-0.39, 0.29) is 11.5 Å². The molecule has 1 aliphatic rings. The molecule has 1 aliphatic heterocycles. The summed E-state index contributed by atoms with van der Waals surface area (Å²) >= 11 is 0. The third-order valence-corrected chi connectivity index (χ3v) is 5.23. The smallest absolute Gasteiger partial charge is 0.151 e. The number of nitrogens with one attached hydrogen (secondary N) is 1. The third kappa shape index (κ3) is 4.92. The van der Waals surface area contributed by atoms with Gasteiger partial charge in [0.05, 0.1) is 17.5 Å². The van der Waals surface area contributed by atoms with Gasteiger partial charge in [-0.15, -0.1) is 0 Å². The number of piperazine rings is 1. The van der Waals surface area contributed by atoms with Crippen molar-refractivity contribution in [2.45, 2.75) is 20.3 Å². The van der Waals surface area contributed by atoms with E-state index in [1.807, 2.05) is 11.8 Å². The molecule has 0 bridgehead atoms. The predicted octanol–water partition coefficient (Wildman–Crippen LogP) is 4.28. The van der Waals surface area contributed by atoms with E-state index in [0.29, 0.717) is 36.5 Å². The summed E-state index contributed by atoms with van der Waals surface area (Å²) in [4.78, 5) is 4.19. The molecule has 0 atom stereocenters. The molecule has 0 radical (unpaired) electrons. The molecule has 2 aromatic carbocycles. The number of halogens is 3. The Hall–Kier alpha value is -3.05. The number of hydrogen-bond donors (Lipinski definition) is 1. The van der Waals surface area contributed by atoms with E-state index in [9.17, 15) is 13.2 Å². The Morgan fingerprint density at radius 1 is 1.10 bits per heavy atom. The molecule has 1 heterocycles. The second-order valence-corrected chi connectivity index (χ2v) is 7.26. The van der Waals surface area contributed by atoms with Gasteiger partial charge >= 0.3 is 0 Å². The molecule has 0 spiro atoms. The van der Waals surface area contributed by atoms with E-state index >= 15 is 0 Å². The van der Waals surface area contributed by atoms with Gasteiger partial charge in [-0.05, 0) is 43.7 Å². The minimum Gasteiger partial charge on any atom is -0.367 e. The van der Waals surface area contributed by atoms with Gasteiger partial charge in [-0.25, -0.2) is 13.2 Å². The molecule has 2 aromatic rings. The second kappa shape index (κ2) is 9.63. The number of rotatable bonds is 6. The lowest BCUT2D eigenvalue weighted by Crippen LogP contribution is -2.46. The largest absolute Gasteiger partial charge is 0.367 e. The van der Waals surface area contributed by atoms with Gasteiger partial charge in [0, 0.05) is 44.7 Å². The van der Waals surface area contributed by atoms with Crippen LogP contribution in [-0.4, -0.2) is 43.3 Å². The van der Waals surface area contributed by atoms with Gasteiger partial charge in [-0.2, -0.15) is 10.4 Å². The maximum Gasteiger partial charge on any atom is 0.151 e. The lowest BCUT2D eigenvalue weighted by atomic mass is 10.0. The minimum absolute atomic E-state index is 0.346. The van der Waals surface area contributed by atoms with Crippen molar-refractivity contribution in [3.63, 3.8) is 0 Å². The highest BCUT2D eigenvalue weighted by atomic mass is 19.1. The van der Waals surface area contributed by atoms with Crippen LogP contribution in [0.1, 0.15) is 24.5 Å². The molecule has 0 aliphatic carbocycles. The van der Waals surface area contributed by atoms with Crippen LogP contribution in [-0.2, 0) is 0 Å². The summed E-state index contributed by atoms with van der Waals surface area (Å²) in [5.41, 5.74) is 4.38. The van der Waals surface area contributed by atoms with Crippen LogP contribution >= 0.6 is 0 Å². The highest BCUT2D eigenvalue weighted by Gasteiger charge is 2.20. The Morgan fingerprint density at radius 2 is 1.77 bits per heavy atom. The number of aryl methyl sites for hydroxylation is 1. The van der Waals surface area contributed by atoms with Gasteiger partial charge in [-0.3, -0.25) is 10.3 Å². The Morgan fingerprint density at radius 3 is 2.40 bits per heavy atom. The molecule has 30 heavy (non-hydrogen) atoms. The van der Waals surface area contributed by atoms with Crippen LogP contribution in [0.15, 0.2) is 35.4 Å². The first-order chi connectivity index (χ1) is 14.4. The number of nitrogens with zero attached hydrogens (tertiary/aromatic N) is 4. The molecule has 0 amide bonds. The average Bonchev–Trinajstić information content (AvgIpc) is 2.73. The highest BCUT2D eigenvalue weighted by Crippen LogP contribution is 2.26. The average molecular weight is 415 g/mol. The number of para-hydroxylation sites is 1. The summed E-state index contributed by atoms with van der Waals surface area (Å²) in [6.07, 6.45) is 0.492. The molecule has 158 valence electrons. The first-order valence-electron chi connectivity index (χ1n) is 9.79. The summed E-state index contributed by atoms with van der Waals surface area (Å²) < 4.78 is 42.4. The summed E-state index contributed by atoms with van der Waals surface area (Å²) in [5.74, 6) is -1.87. The molecule has 1 fully saturated rings. The summed E-state index contributed by atoms with van der Waals surface area (Å²) in [7, 11) is 0. The van der Waals surface area contributed by atoms with E-state index in [2.05, 4.69) is 21.5 Å². The van der Waals surface area contributed by atoms with Crippen LogP contribution in [0.3, 0.4) is 0 Å². The molecule has 0 aromatic heterocycles. The van der Waals surface area contributed by atoms with E-state index in [1.165, 1.54) is 12.1 Å². The molecule has 1 N–H and O–H groups in total. The van der Waals surface area contributed by atoms with Crippen LogP contribution < -0.4 is 10.3 Å². The van der Waals surface area contributed by atoms with Crippen LogP contribution in [0.2, 0.25) is 0 Å². The number of anilines is 2. The van der Waals surface area contributed by atoms with Crippen molar-refractivity contribution in [3.8, 4) is 6.07 Å². The lowest BCUT2D eigenvalue weighted by molar-refractivity contribution is 0.263. The molecule has 0 saturated carbocycles. The number of nitriles is 1. The van der Waals surface area contributed by atoms with Crippen molar-refractivity contribution < 1.29 is 13.2 Å². The molecular weight excluding hydrogens is 391 g/mol. The Kier molecular flexibility index (Phi) is 6.95. The molecule has 3 rings (SSSR count). The second-order valence-electron chi connectivity index (χ2n) is 7.26. The van der Waals surface area contributed by atoms with E-state index in [0.717, 1.165) is 37.3 Å². The van der Waals surface area contributed by atoms with Gasteiger partial charge in [0.15, 0.2) is 11.6 Å². The van der Waals surface area contributed by atoms with Crippen molar-refractivity contribution in [1.82, 2.24) is 4.90 Å². The van der Waals surface area contributed by atoms with Crippen molar-refractivity contribution in [2.24, 2.45) is 5.10 Å². The minimum atomic E-state index is -0.751. The Balaban J connectivity index is 1.74. The summed E-state index contributed by atoms with van der Waals surface area (Å²) in [6, 6.07) is 8.87. The van der Waals surface area contributed by atoms with E-state index in [4.69, 9.17) is 5.26 Å². The Bertz CT molecular complexity index is 955. The number of benzene rings is 2. The zero-order valence-electron chi connectivity index (χ0n) is 17.1. The third-order valence-electron chi connectivity index (χ3n) is 5.23. The molecule has 1 saturated heterocycles. The van der Waals surface area contributed by atoms with Crippen LogP contribution in [0.25, 0.3) is 0 Å². The zero-order chi connectivity index (χ0) is 21.7. The molecule has 8 heteroatoms. The van der Waals surface area contributed by atoms with E-state index < -0.39 is 11.6 Å². The summed E-state index contributed by atoms with van der Waals surface area (Å²) in [5, 5.41) is 12.7. The van der Waals surface area contributed by atoms with Gasteiger partial charge in [0.1, 0.15) is 11.5 Å². The number of hydrogen-bond acceptors (Lipinski definition) is 5. The van der Waals surface area contributed by atoms with Crippen molar-refractivity contribution in [2.75, 3.05) is 43.0 Å². The van der Waals surface area contributed by atoms with Gasteiger partial charge in [0.2, 0.25) is 0 Å². The van der Waals surface area contributed by atoms with Gasteiger partial charge in [-0.1, -0.05) is 6.07 Å². The quantitative estimate of drug-likeness (QED) is 0.565. The van der Waals surface area contributed by atoms with E-state index in [1.54, 1.807) is 13.0 Å². The fourth-order valence-corrected chi connectivity index (χ4v) is 3.52. The number of hydrazone groups is 1. The van der Waals surface area contributed by atoms with Crippen molar-refractivity contribution in [1.29, 1.82) is 5.26 Å². The maximum atomic E-state index is 14.9. The standard InChI is InChI=1S/C22H24F3N5/c1-15-13-21(30-11-9-29(10-12-30)8-4-7-26)20(25)14-17(15)16(2)27-28-22-18(23)5-3-6-19(22)24/h3,5-6,13-14,28H,4,8-12H2,1-2H3/b27-16+.